The van der Waals surface area contributed by atoms with E-state index in [0.29, 0.717) is 12.3 Å². The molecule has 0 saturated heterocycles. The highest BCUT2D eigenvalue weighted by Gasteiger charge is 2.31. The third-order valence-corrected chi connectivity index (χ3v) is 4.05. The Kier molecular flexibility index (Phi) is 9.48. The van der Waals surface area contributed by atoms with Gasteiger partial charge in [-0.1, -0.05) is 40.5 Å². The molecule has 0 unspecified atom stereocenters. The van der Waals surface area contributed by atoms with Crippen LogP contribution in [0, 0.1) is 11.3 Å². The number of Topliss-reactive ketones (excluding diaryl/α,β-unsaturated/α-hetero) is 1. The molecule has 23 heavy (non-hydrogen) atoms. The molecule has 4 nitrogen and oxygen atoms in total. The third-order valence-electron chi connectivity index (χ3n) is 4.05. The van der Waals surface area contributed by atoms with Crippen LogP contribution in [0.4, 0.5) is 4.79 Å². The van der Waals surface area contributed by atoms with Gasteiger partial charge in [-0.2, -0.15) is 0 Å². The molecule has 0 aromatic carbocycles. The highest BCUT2D eigenvalue weighted by Crippen LogP contribution is 2.30. The van der Waals surface area contributed by atoms with Gasteiger partial charge in [0.25, 0.3) is 0 Å². The number of ketones is 1. The van der Waals surface area contributed by atoms with Crippen LogP contribution in [0.25, 0.3) is 0 Å². The Morgan fingerprint density at radius 1 is 1.04 bits per heavy atom. The smallest absolute Gasteiger partial charge is 0.407 e. The zero-order valence-electron chi connectivity index (χ0n) is 16.3. The first-order valence-corrected chi connectivity index (χ1v) is 9.04. The molecule has 0 spiro atoms. The minimum absolute atomic E-state index is 0.137. The molecule has 0 aliphatic heterocycles. The third kappa shape index (κ3) is 9.62. The summed E-state index contributed by atoms with van der Waals surface area (Å²) in [5.41, 5.74) is -0.682. The van der Waals surface area contributed by atoms with E-state index < -0.39 is 5.60 Å². The Morgan fingerprint density at radius 3 is 2.13 bits per heavy atom. The van der Waals surface area contributed by atoms with Gasteiger partial charge in [0.2, 0.25) is 0 Å². The second-order valence-electron chi connectivity index (χ2n) is 8.03. The van der Waals surface area contributed by atoms with Crippen molar-refractivity contribution in [2.45, 2.75) is 92.6 Å². The summed E-state index contributed by atoms with van der Waals surface area (Å²) in [7, 11) is 0. The van der Waals surface area contributed by atoms with E-state index in [1.165, 1.54) is 0 Å². The molecular formula is C19H37NO3. The van der Waals surface area contributed by atoms with E-state index in [2.05, 4.69) is 33.0 Å². The van der Waals surface area contributed by atoms with Gasteiger partial charge >= 0.3 is 6.09 Å². The molecule has 0 saturated carbocycles. The van der Waals surface area contributed by atoms with Crippen LogP contribution in [0.15, 0.2) is 0 Å². The fourth-order valence-electron chi connectivity index (χ4n) is 2.84. The van der Waals surface area contributed by atoms with Crippen molar-refractivity contribution in [1.82, 2.24) is 5.32 Å². The summed E-state index contributed by atoms with van der Waals surface area (Å²) < 4.78 is 5.19. The van der Waals surface area contributed by atoms with Crippen LogP contribution < -0.4 is 5.32 Å². The Balaban J connectivity index is 4.10. The van der Waals surface area contributed by atoms with Crippen molar-refractivity contribution in [3.05, 3.63) is 0 Å². The number of unbranched alkanes of at least 4 members (excludes halogenated alkanes) is 1. The van der Waals surface area contributed by atoms with E-state index in [4.69, 9.17) is 4.74 Å². The first-order chi connectivity index (χ1) is 10.5. The van der Waals surface area contributed by atoms with E-state index in [-0.39, 0.29) is 17.4 Å². The second-order valence-corrected chi connectivity index (χ2v) is 8.03. The number of hydrogen-bond acceptors (Lipinski definition) is 3. The summed E-state index contributed by atoms with van der Waals surface area (Å²) >= 11 is 0. The quantitative estimate of drug-likeness (QED) is 0.568. The van der Waals surface area contributed by atoms with Crippen molar-refractivity contribution < 1.29 is 14.3 Å². The zero-order chi connectivity index (χ0) is 18.1. The molecule has 0 radical (unpaired) electrons. The molecule has 0 aliphatic carbocycles. The summed E-state index contributed by atoms with van der Waals surface area (Å²) in [4.78, 5) is 24.2. The minimum atomic E-state index is -0.464. The van der Waals surface area contributed by atoms with Gasteiger partial charge in [0.15, 0.2) is 0 Å². The Morgan fingerprint density at radius 2 is 1.65 bits per heavy atom. The lowest BCUT2D eigenvalue weighted by Crippen LogP contribution is -2.33. The second kappa shape index (κ2) is 9.94. The van der Waals surface area contributed by atoms with Gasteiger partial charge in [0.1, 0.15) is 11.4 Å². The number of nitrogens with one attached hydrogen (secondary N) is 1. The normalized spacial score (nSPS) is 13.5. The lowest BCUT2D eigenvalue weighted by Gasteiger charge is -2.27. The molecule has 1 atom stereocenters. The zero-order valence-corrected chi connectivity index (χ0v) is 16.3. The lowest BCUT2D eigenvalue weighted by atomic mass is 9.75. The number of amides is 1. The van der Waals surface area contributed by atoms with Crippen LogP contribution in [0.3, 0.4) is 0 Å². The summed E-state index contributed by atoms with van der Waals surface area (Å²) in [5.74, 6) is 0.528. The number of ether oxygens (including phenoxy) is 1. The molecule has 0 heterocycles. The first-order valence-electron chi connectivity index (χ1n) is 9.04. The van der Waals surface area contributed by atoms with Gasteiger partial charge in [-0.25, -0.2) is 4.79 Å². The standard InChI is InChI=1S/C19H37NO3/c1-8-13-19(6,7)16(21)15(9-2)12-10-11-14-20-17(22)23-18(3,4)5/h15H,8-14H2,1-7H3,(H,20,22)/t15-/m0/s1. The van der Waals surface area contributed by atoms with Gasteiger partial charge in [-0.05, 0) is 46.5 Å². The molecule has 0 rings (SSSR count). The van der Waals surface area contributed by atoms with E-state index in [9.17, 15) is 9.59 Å². The number of carbonyl (C=O) groups excluding carboxylic acids is 2. The van der Waals surface area contributed by atoms with Gasteiger partial charge < -0.3 is 10.1 Å². The number of hydrogen-bond donors (Lipinski definition) is 1. The molecule has 4 heteroatoms. The van der Waals surface area contributed by atoms with E-state index in [1.807, 2.05) is 20.8 Å². The maximum atomic E-state index is 12.6. The summed E-state index contributed by atoms with van der Waals surface area (Å²) in [6.07, 6.45) is 5.23. The summed E-state index contributed by atoms with van der Waals surface area (Å²) in [5, 5.41) is 2.76. The Labute approximate surface area is 142 Å². The van der Waals surface area contributed by atoms with Crippen LogP contribution in [0.5, 0.6) is 0 Å². The largest absolute Gasteiger partial charge is 0.444 e. The Hall–Kier alpha value is -1.06. The molecule has 0 fully saturated rings. The van der Waals surface area contributed by atoms with E-state index in [1.54, 1.807) is 0 Å². The average Bonchev–Trinajstić information content (AvgIpc) is 2.40. The van der Waals surface area contributed by atoms with Gasteiger partial charge in [-0.3, -0.25) is 4.79 Å². The van der Waals surface area contributed by atoms with Crippen molar-refractivity contribution in [1.29, 1.82) is 0 Å². The van der Waals surface area contributed by atoms with Crippen LogP contribution >= 0.6 is 0 Å². The molecule has 0 aromatic rings. The molecule has 136 valence electrons. The fourth-order valence-corrected chi connectivity index (χ4v) is 2.84. The van der Waals surface area contributed by atoms with Crippen molar-refractivity contribution in [3.63, 3.8) is 0 Å². The highest BCUT2D eigenvalue weighted by atomic mass is 16.6. The monoisotopic (exact) mass is 327 g/mol. The number of carbonyl (C=O) groups is 2. The van der Waals surface area contributed by atoms with Crippen molar-refractivity contribution in [2.24, 2.45) is 11.3 Å². The first kappa shape index (κ1) is 21.9. The fraction of sp³-hybridized carbons (Fsp3) is 0.895. The van der Waals surface area contributed by atoms with E-state index in [0.717, 1.165) is 38.5 Å². The summed E-state index contributed by atoms with van der Waals surface area (Å²) in [6, 6.07) is 0. The molecular weight excluding hydrogens is 290 g/mol. The summed E-state index contributed by atoms with van der Waals surface area (Å²) in [6.45, 7) is 14.5. The predicted molar refractivity (Wildman–Crippen MR) is 95.6 cm³/mol. The van der Waals surface area contributed by atoms with Crippen molar-refractivity contribution >= 4 is 11.9 Å². The number of rotatable bonds is 10. The topological polar surface area (TPSA) is 55.4 Å². The number of alkyl carbamates (subject to hydrolysis) is 1. The molecule has 0 bridgehead atoms. The minimum Gasteiger partial charge on any atom is -0.444 e. The van der Waals surface area contributed by atoms with Crippen LogP contribution in [-0.2, 0) is 9.53 Å². The van der Waals surface area contributed by atoms with E-state index >= 15 is 0 Å². The van der Waals surface area contributed by atoms with Crippen LogP contribution in [0.2, 0.25) is 0 Å². The molecule has 0 aromatic heterocycles. The van der Waals surface area contributed by atoms with Crippen LogP contribution in [0.1, 0.15) is 87.0 Å². The maximum Gasteiger partial charge on any atom is 0.407 e. The van der Waals surface area contributed by atoms with Gasteiger partial charge in [0, 0.05) is 17.9 Å². The molecule has 1 N–H and O–H groups in total. The Bertz CT molecular complexity index is 369. The van der Waals surface area contributed by atoms with Crippen LogP contribution in [-0.4, -0.2) is 24.0 Å². The maximum absolute atomic E-state index is 12.6. The average molecular weight is 328 g/mol. The molecule has 0 aliphatic rings. The van der Waals surface area contributed by atoms with Crippen molar-refractivity contribution in [2.75, 3.05) is 6.54 Å². The van der Waals surface area contributed by atoms with Crippen molar-refractivity contribution in [3.8, 4) is 0 Å². The molecule has 1 amide bonds. The lowest BCUT2D eigenvalue weighted by molar-refractivity contribution is -0.132. The van der Waals surface area contributed by atoms with Gasteiger partial charge in [0.05, 0.1) is 0 Å². The SMILES string of the molecule is CCCC(C)(C)C(=O)[C@@H](CC)CCCCNC(=O)OC(C)(C)C. The highest BCUT2D eigenvalue weighted by molar-refractivity contribution is 5.86. The van der Waals surface area contributed by atoms with Gasteiger partial charge in [-0.15, -0.1) is 0 Å². The predicted octanol–water partition coefficient (Wildman–Crippen LogP) is 5.10.